The van der Waals surface area contributed by atoms with Crippen molar-refractivity contribution in [3.63, 3.8) is 0 Å². The van der Waals surface area contributed by atoms with Gasteiger partial charge >= 0.3 is 0 Å². The van der Waals surface area contributed by atoms with Gasteiger partial charge in [-0.3, -0.25) is 14.5 Å². The topological polar surface area (TPSA) is 52.7 Å². The van der Waals surface area contributed by atoms with Crippen LogP contribution >= 0.6 is 11.6 Å². The second-order valence-corrected chi connectivity index (χ2v) is 7.72. The number of nitrogens with one attached hydrogen (secondary N) is 1. The molecule has 1 saturated heterocycles. The zero-order valence-electron chi connectivity index (χ0n) is 15.8. The Bertz CT molecular complexity index is 696. The highest BCUT2D eigenvalue weighted by molar-refractivity contribution is 6.30. The smallest absolute Gasteiger partial charge is 0.253 e. The number of halogens is 1. The molecule has 1 aliphatic heterocycles. The van der Waals surface area contributed by atoms with E-state index in [1.54, 1.807) is 24.3 Å². The van der Waals surface area contributed by atoms with E-state index >= 15 is 0 Å². The molecule has 1 aliphatic carbocycles. The standard InChI is InChI=1S/C21H28ClN3O2/c22-19-8-4-7-18(15-19)21(27)25-13-11-24(12-14-25)16-20(26)23-10-9-17-5-2-1-3-6-17/h4-5,7-8,15H,1-3,6,9-14,16H2,(H,23,26). The first kappa shape index (κ1) is 19.9. The van der Waals surface area contributed by atoms with Gasteiger partial charge in [-0.15, -0.1) is 0 Å². The summed E-state index contributed by atoms with van der Waals surface area (Å²) in [6.07, 6.45) is 8.22. The maximum Gasteiger partial charge on any atom is 0.253 e. The van der Waals surface area contributed by atoms with Crippen molar-refractivity contribution in [2.45, 2.75) is 32.1 Å². The summed E-state index contributed by atoms with van der Waals surface area (Å²) in [7, 11) is 0. The van der Waals surface area contributed by atoms with Crippen LogP contribution in [0, 0.1) is 0 Å². The Balaban J connectivity index is 1.37. The molecule has 1 N–H and O–H groups in total. The van der Waals surface area contributed by atoms with Crippen molar-refractivity contribution >= 4 is 23.4 Å². The van der Waals surface area contributed by atoms with Crippen LogP contribution in [-0.4, -0.2) is 60.9 Å². The Morgan fingerprint density at radius 3 is 2.63 bits per heavy atom. The van der Waals surface area contributed by atoms with E-state index in [2.05, 4.69) is 16.3 Å². The number of rotatable bonds is 6. The molecule has 1 heterocycles. The van der Waals surface area contributed by atoms with Crippen molar-refractivity contribution in [1.29, 1.82) is 0 Å². The Kier molecular flexibility index (Phi) is 7.30. The summed E-state index contributed by atoms with van der Waals surface area (Å²) in [5.41, 5.74) is 2.10. The van der Waals surface area contributed by atoms with E-state index < -0.39 is 0 Å². The predicted octanol–water partition coefficient (Wildman–Crippen LogP) is 3.10. The van der Waals surface area contributed by atoms with Crippen LogP contribution in [0.3, 0.4) is 0 Å². The van der Waals surface area contributed by atoms with Gasteiger partial charge in [0, 0.05) is 43.3 Å². The van der Waals surface area contributed by atoms with Crippen molar-refractivity contribution < 1.29 is 9.59 Å². The maximum atomic E-state index is 12.5. The van der Waals surface area contributed by atoms with E-state index in [0.29, 0.717) is 43.3 Å². The summed E-state index contributed by atoms with van der Waals surface area (Å²) in [6.45, 7) is 3.81. The maximum absolute atomic E-state index is 12.5. The zero-order chi connectivity index (χ0) is 19.1. The molecule has 1 aromatic carbocycles. The molecular formula is C21H28ClN3O2. The number of amides is 2. The van der Waals surface area contributed by atoms with Crippen LogP contribution in [-0.2, 0) is 4.79 Å². The third-order valence-electron chi connectivity index (χ3n) is 5.25. The van der Waals surface area contributed by atoms with Crippen LogP contribution in [0.5, 0.6) is 0 Å². The minimum atomic E-state index is 0.00218. The fourth-order valence-electron chi connectivity index (χ4n) is 3.67. The van der Waals surface area contributed by atoms with Crippen molar-refractivity contribution in [1.82, 2.24) is 15.1 Å². The van der Waals surface area contributed by atoms with Crippen LogP contribution in [0.2, 0.25) is 5.02 Å². The molecule has 1 fully saturated rings. The molecule has 146 valence electrons. The van der Waals surface area contributed by atoms with Gasteiger partial charge in [0.2, 0.25) is 5.91 Å². The summed E-state index contributed by atoms with van der Waals surface area (Å²) in [5.74, 6) is 0.0726. The van der Waals surface area contributed by atoms with Crippen LogP contribution in [0.1, 0.15) is 42.5 Å². The fraction of sp³-hybridized carbons (Fsp3) is 0.524. The van der Waals surface area contributed by atoms with Gasteiger partial charge in [-0.05, 0) is 50.3 Å². The molecule has 1 aromatic rings. The number of benzene rings is 1. The lowest BCUT2D eigenvalue weighted by Gasteiger charge is -2.34. The third-order valence-corrected chi connectivity index (χ3v) is 5.49. The molecule has 2 amide bonds. The van der Waals surface area contributed by atoms with E-state index in [-0.39, 0.29) is 11.8 Å². The Morgan fingerprint density at radius 1 is 1.11 bits per heavy atom. The van der Waals surface area contributed by atoms with E-state index in [4.69, 9.17) is 11.6 Å². The molecule has 27 heavy (non-hydrogen) atoms. The van der Waals surface area contributed by atoms with Crippen LogP contribution < -0.4 is 5.32 Å². The number of nitrogens with zero attached hydrogens (tertiary/aromatic N) is 2. The quantitative estimate of drug-likeness (QED) is 0.760. The van der Waals surface area contributed by atoms with Gasteiger partial charge in [-0.25, -0.2) is 0 Å². The molecule has 0 atom stereocenters. The van der Waals surface area contributed by atoms with Crippen LogP contribution in [0.15, 0.2) is 35.9 Å². The third kappa shape index (κ3) is 6.08. The van der Waals surface area contributed by atoms with Gasteiger partial charge in [0.25, 0.3) is 5.91 Å². The predicted molar refractivity (Wildman–Crippen MR) is 108 cm³/mol. The van der Waals surface area contributed by atoms with Crippen molar-refractivity contribution in [3.05, 3.63) is 46.5 Å². The lowest BCUT2D eigenvalue weighted by Crippen LogP contribution is -2.51. The van der Waals surface area contributed by atoms with Gasteiger partial charge in [-0.2, -0.15) is 0 Å². The van der Waals surface area contributed by atoms with Gasteiger partial charge < -0.3 is 10.2 Å². The molecule has 5 nitrogen and oxygen atoms in total. The van der Waals surface area contributed by atoms with Gasteiger partial charge in [0.1, 0.15) is 0 Å². The molecule has 0 saturated carbocycles. The normalized spacial score (nSPS) is 18.1. The summed E-state index contributed by atoms with van der Waals surface area (Å²) in [4.78, 5) is 28.6. The van der Waals surface area contributed by atoms with Gasteiger partial charge in [0.15, 0.2) is 0 Å². The average molecular weight is 390 g/mol. The van der Waals surface area contributed by atoms with E-state index in [1.807, 2.05) is 4.90 Å². The highest BCUT2D eigenvalue weighted by Gasteiger charge is 2.23. The van der Waals surface area contributed by atoms with E-state index in [0.717, 1.165) is 13.0 Å². The first-order valence-electron chi connectivity index (χ1n) is 9.83. The molecule has 6 heteroatoms. The Labute approximate surface area is 166 Å². The number of hydrogen-bond acceptors (Lipinski definition) is 3. The highest BCUT2D eigenvalue weighted by atomic mass is 35.5. The first-order valence-corrected chi connectivity index (χ1v) is 10.2. The molecule has 3 rings (SSSR count). The summed E-state index contributed by atoms with van der Waals surface area (Å²) >= 11 is 5.97. The fourth-order valence-corrected chi connectivity index (χ4v) is 3.86. The zero-order valence-corrected chi connectivity index (χ0v) is 16.5. The Morgan fingerprint density at radius 2 is 1.93 bits per heavy atom. The minimum absolute atomic E-state index is 0.00218. The van der Waals surface area contributed by atoms with E-state index in [1.165, 1.54) is 31.3 Å². The molecule has 0 aromatic heterocycles. The molecule has 0 bridgehead atoms. The Hall–Kier alpha value is -1.85. The minimum Gasteiger partial charge on any atom is -0.355 e. The second kappa shape index (κ2) is 9.90. The van der Waals surface area contributed by atoms with Crippen molar-refractivity contribution in [2.75, 3.05) is 39.3 Å². The molecule has 2 aliphatic rings. The molecule has 0 spiro atoms. The molecule has 0 radical (unpaired) electrons. The lowest BCUT2D eigenvalue weighted by molar-refractivity contribution is -0.122. The van der Waals surface area contributed by atoms with Crippen LogP contribution in [0.25, 0.3) is 0 Å². The number of carbonyl (C=O) groups is 2. The number of hydrogen-bond donors (Lipinski definition) is 1. The van der Waals surface area contributed by atoms with E-state index in [9.17, 15) is 9.59 Å². The van der Waals surface area contributed by atoms with Gasteiger partial charge in [0.05, 0.1) is 6.54 Å². The lowest BCUT2D eigenvalue weighted by atomic mass is 9.97. The monoisotopic (exact) mass is 389 g/mol. The summed E-state index contributed by atoms with van der Waals surface area (Å²) in [5, 5.41) is 3.60. The highest BCUT2D eigenvalue weighted by Crippen LogP contribution is 2.19. The second-order valence-electron chi connectivity index (χ2n) is 7.29. The summed E-state index contributed by atoms with van der Waals surface area (Å²) in [6, 6.07) is 7.04. The van der Waals surface area contributed by atoms with Crippen molar-refractivity contribution in [2.24, 2.45) is 0 Å². The van der Waals surface area contributed by atoms with Crippen molar-refractivity contribution in [3.8, 4) is 0 Å². The average Bonchev–Trinajstić information content (AvgIpc) is 2.69. The van der Waals surface area contributed by atoms with Gasteiger partial charge in [-0.1, -0.05) is 29.3 Å². The molecular weight excluding hydrogens is 362 g/mol. The number of allylic oxidation sites excluding steroid dienone is 1. The number of piperazine rings is 1. The first-order chi connectivity index (χ1) is 13.1. The number of carbonyl (C=O) groups excluding carboxylic acids is 2. The summed E-state index contributed by atoms with van der Waals surface area (Å²) < 4.78 is 0. The van der Waals surface area contributed by atoms with Crippen LogP contribution in [0.4, 0.5) is 0 Å². The largest absolute Gasteiger partial charge is 0.355 e. The SMILES string of the molecule is O=C(CN1CCN(C(=O)c2cccc(Cl)c2)CC1)NCCC1=CCCCC1. The molecule has 0 unspecified atom stereocenters.